The van der Waals surface area contributed by atoms with Crippen molar-refractivity contribution >= 4 is 33.4 Å². The normalized spacial score (nSPS) is 15.9. The van der Waals surface area contributed by atoms with Crippen LogP contribution in [0.2, 0.25) is 0 Å². The summed E-state index contributed by atoms with van der Waals surface area (Å²) < 4.78 is 0. The third kappa shape index (κ3) is 2.89. The van der Waals surface area contributed by atoms with Gasteiger partial charge in [0.05, 0.1) is 0 Å². The monoisotopic (exact) mass is 328 g/mol. The zero-order valence-corrected chi connectivity index (χ0v) is 13.2. The standard InChI is InChI=1S/C15H16N6OS/c22-14(10-1-2-12-13(9-10)19-20-18-12)17-11-3-6-21(7-4-11)15-16-5-8-23-15/h1-2,5,8-9,11H,3-4,6-7H2,(H,17,22)(H,18,19,20). The molecule has 2 aromatic heterocycles. The summed E-state index contributed by atoms with van der Waals surface area (Å²) in [6.07, 6.45) is 3.68. The minimum Gasteiger partial charge on any atom is -0.349 e. The molecule has 0 saturated carbocycles. The predicted molar refractivity (Wildman–Crippen MR) is 88.7 cm³/mol. The molecule has 23 heavy (non-hydrogen) atoms. The molecule has 118 valence electrons. The number of fused-ring (bicyclic) bond motifs is 1. The molecule has 1 amide bonds. The number of piperidine rings is 1. The van der Waals surface area contributed by atoms with Crippen LogP contribution in [-0.4, -0.2) is 45.4 Å². The van der Waals surface area contributed by atoms with E-state index in [1.165, 1.54) is 0 Å². The molecule has 3 aromatic rings. The van der Waals surface area contributed by atoms with Crippen LogP contribution in [0.5, 0.6) is 0 Å². The molecule has 0 unspecified atom stereocenters. The highest BCUT2D eigenvalue weighted by atomic mass is 32.1. The van der Waals surface area contributed by atoms with E-state index in [9.17, 15) is 4.79 Å². The summed E-state index contributed by atoms with van der Waals surface area (Å²) >= 11 is 1.66. The van der Waals surface area contributed by atoms with E-state index in [1.54, 1.807) is 29.5 Å². The molecule has 7 nitrogen and oxygen atoms in total. The molecule has 0 radical (unpaired) electrons. The molecule has 8 heteroatoms. The fourth-order valence-electron chi connectivity index (χ4n) is 2.84. The summed E-state index contributed by atoms with van der Waals surface area (Å²) in [6.45, 7) is 1.83. The lowest BCUT2D eigenvalue weighted by atomic mass is 10.0. The van der Waals surface area contributed by atoms with Crippen LogP contribution in [-0.2, 0) is 0 Å². The third-order valence-electron chi connectivity index (χ3n) is 4.10. The van der Waals surface area contributed by atoms with Gasteiger partial charge in [0, 0.05) is 36.3 Å². The van der Waals surface area contributed by atoms with Crippen LogP contribution in [0.15, 0.2) is 29.8 Å². The minimum absolute atomic E-state index is 0.0531. The summed E-state index contributed by atoms with van der Waals surface area (Å²) in [4.78, 5) is 19.0. The smallest absolute Gasteiger partial charge is 0.251 e. The van der Waals surface area contributed by atoms with Crippen molar-refractivity contribution in [2.24, 2.45) is 0 Å². The fraction of sp³-hybridized carbons (Fsp3) is 0.333. The Bertz CT molecular complexity index is 806. The number of thiazole rings is 1. The molecule has 3 heterocycles. The largest absolute Gasteiger partial charge is 0.349 e. The number of hydrogen-bond donors (Lipinski definition) is 2. The Morgan fingerprint density at radius 1 is 1.26 bits per heavy atom. The number of aromatic amines is 1. The van der Waals surface area contributed by atoms with Crippen molar-refractivity contribution in [3.05, 3.63) is 35.3 Å². The molecule has 1 aliphatic heterocycles. The Labute approximate surface area is 136 Å². The zero-order chi connectivity index (χ0) is 15.6. The van der Waals surface area contributed by atoms with Gasteiger partial charge in [0.2, 0.25) is 0 Å². The van der Waals surface area contributed by atoms with Crippen LogP contribution in [0.25, 0.3) is 11.0 Å². The number of aromatic nitrogens is 4. The van der Waals surface area contributed by atoms with Crippen molar-refractivity contribution in [1.29, 1.82) is 0 Å². The van der Waals surface area contributed by atoms with Gasteiger partial charge in [-0.15, -0.1) is 11.3 Å². The van der Waals surface area contributed by atoms with Gasteiger partial charge in [-0.2, -0.15) is 15.4 Å². The number of amides is 1. The Balaban J connectivity index is 1.37. The average Bonchev–Trinajstić information content (AvgIpc) is 3.26. The molecular formula is C15H16N6OS. The first kappa shape index (κ1) is 14.1. The Morgan fingerprint density at radius 2 is 2.09 bits per heavy atom. The molecule has 4 rings (SSSR count). The summed E-state index contributed by atoms with van der Waals surface area (Å²) in [5, 5.41) is 16.7. The van der Waals surface area contributed by atoms with Crippen LogP contribution in [0, 0.1) is 0 Å². The van der Waals surface area contributed by atoms with Crippen LogP contribution in [0.1, 0.15) is 23.2 Å². The van der Waals surface area contributed by atoms with Crippen molar-refractivity contribution in [3.63, 3.8) is 0 Å². The number of hydrogen-bond acceptors (Lipinski definition) is 6. The average molecular weight is 328 g/mol. The van der Waals surface area contributed by atoms with E-state index in [0.717, 1.165) is 36.6 Å². The molecule has 1 aromatic carbocycles. The maximum atomic E-state index is 12.4. The van der Waals surface area contributed by atoms with Gasteiger partial charge < -0.3 is 10.2 Å². The first-order valence-electron chi connectivity index (χ1n) is 7.55. The second-order valence-corrected chi connectivity index (χ2v) is 6.45. The van der Waals surface area contributed by atoms with Crippen molar-refractivity contribution in [2.45, 2.75) is 18.9 Å². The number of H-pyrrole nitrogens is 1. The number of carbonyl (C=O) groups is 1. The lowest BCUT2D eigenvalue weighted by Gasteiger charge is -2.32. The van der Waals surface area contributed by atoms with Crippen LogP contribution >= 0.6 is 11.3 Å². The second-order valence-electron chi connectivity index (χ2n) is 5.58. The van der Waals surface area contributed by atoms with E-state index >= 15 is 0 Å². The van der Waals surface area contributed by atoms with Gasteiger partial charge >= 0.3 is 0 Å². The lowest BCUT2D eigenvalue weighted by Crippen LogP contribution is -2.44. The fourth-order valence-corrected chi connectivity index (χ4v) is 3.53. The van der Waals surface area contributed by atoms with Crippen LogP contribution in [0.3, 0.4) is 0 Å². The van der Waals surface area contributed by atoms with Gasteiger partial charge in [-0.25, -0.2) is 4.98 Å². The summed E-state index contributed by atoms with van der Waals surface area (Å²) in [5.41, 5.74) is 2.09. The highest BCUT2D eigenvalue weighted by Crippen LogP contribution is 2.22. The quantitative estimate of drug-likeness (QED) is 0.766. The third-order valence-corrected chi connectivity index (χ3v) is 4.93. The number of nitrogens with zero attached hydrogens (tertiary/aromatic N) is 4. The first-order chi connectivity index (χ1) is 11.3. The highest BCUT2D eigenvalue weighted by Gasteiger charge is 2.22. The maximum Gasteiger partial charge on any atom is 0.251 e. The van der Waals surface area contributed by atoms with E-state index in [1.807, 2.05) is 11.6 Å². The maximum absolute atomic E-state index is 12.4. The number of nitrogens with one attached hydrogen (secondary N) is 2. The molecule has 1 fully saturated rings. The molecule has 1 aliphatic rings. The van der Waals surface area contributed by atoms with Gasteiger partial charge in [-0.1, -0.05) is 0 Å². The number of carbonyl (C=O) groups excluding carboxylic acids is 1. The van der Waals surface area contributed by atoms with Crippen molar-refractivity contribution in [1.82, 2.24) is 25.7 Å². The first-order valence-corrected chi connectivity index (χ1v) is 8.43. The summed E-state index contributed by atoms with van der Waals surface area (Å²) in [6, 6.07) is 5.55. The Hall–Kier alpha value is -2.48. The second kappa shape index (κ2) is 5.96. The van der Waals surface area contributed by atoms with E-state index in [0.29, 0.717) is 11.1 Å². The molecule has 2 N–H and O–H groups in total. The summed E-state index contributed by atoms with van der Waals surface area (Å²) in [7, 11) is 0. The summed E-state index contributed by atoms with van der Waals surface area (Å²) in [5.74, 6) is -0.0531. The van der Waals surface area contributed by atoms with E-state index in [4.69, 9.17) is 0 Å². The van der Waals surface area contributed by atoms with E-state index < -0.39 is 0 Å². The van der Waals surface area contributed by atoms with E-state index in [2.05, 4.69) is 30.6 Å². The Morgan fingerprint density at radius 3 is 2.87 bits per heavy atom. The van der Waals surface area contributed by atoms with Crippen LogP contribution < -0.4 is 10.2 Å². The van der Waals surface area contributed by atoms with Gasteiger partial charge in [0.15, 0.2) is 5.13 Å². The highest BCUT2D eigenvalue weighted by molar-refractivity contribution is 7.13. The SMILES string of the molecule is O=C(NC1CCN(c2nccs2)CC1)c1ccc2n[nH]nc2c1. The number of rotatable bonds is 3. The van der Waals surface area contributed by atoms with Gasteiger partial charge in [0.1, 0.15) is 11.0 Å². The van der Waals surface area contributed by atoms with Crippen molar-refractivity contribution in [2.75, 3.05) is 18.0 Å². The van der Waals surface area contributed by atoms with Gasteiger partial charge in [-0.05, 0) is 31.0 Å². The number of anilines is 1. The van der Waals surface area contributed by atoms with Gasteiger partial charge in [-0.3, -0.25) is 4.79 Å². The van der Waals surface area contributed by atoms with E-state index in [-0.39, 0.29) is 11.9 Å². The molecular weight excluding hydrogens is 312 g/mol. The zero-order valence-electron chi connectivity index (χ0n) is 12.4. The lowest BCUT2D eigenvalue weighted by molar-refractivity contribution is 0.0931. The molecule has 0 bridgehead atoms. The molecule has 0 aliphatic carbocycles. The van der Waals surface area contributed by atoms with Gasteiger partial charge in [0.25, 0.3) is 5.91 Å². The Kier molecular flexibility index (Phi) is 3.66. The van der Waals surface area contributed by atoms with Crippen molar-refractivity contribution < 1.29 is 4.79 Å². The number of benzene rings is 1. The molecule has 1 saturated heterocycles. The minimum atomic E-state index is -0.0531. The molecule has 0 atom stereocenters. The predicted octanol–water partition coefficient (Wildman–Crippen LogP) is 1.81. The van der Waals surface area contributed by atoms with Crippen molar-refractivity contribution in [3.8, 4) is 0 Å². The molecule has 0 spiro atoms. The van der Waals surface area contributed by atoms with Crippen LogP contribution in [0.4, 0.5) is 5.13 Å². The topological polar surface area (TPSA) is 86.8 Å².